The fraction of sp³-hybridized carbons (Fsp3) is 0.600. The Morgan fingerprint density at radius 2 is 2.20 bits per heavy atom. The van der Waals surface area contributed by atoms with E-state index in [1.165, 1.54) is 0 Å². The van der Waals surface area contributed by atoms with Crippen molar-refractivity contribution in [3.8, 4) is 11.5 Å². The summed E-state index contributed by atoms with van der Waals surface area (Å²) in [5, 5.41) is 21.9. The number of phenolic OH excluding ortho intramolecular Hbond substituents is 1. The van der Waals surface area contributed by atoms with E-state index in [0.717, 1.165) is 44.5 Å². The number of aromatic hydroxyl groups is 1. The van der Waals surface area contributed by atoms with Crippen molar-refractivity contribution >= 4 is 0 Å². The van der Waals surface area contributed by atoms with Gasteiger partial charge in [0, 0.05) is 19.7 Å². The van der Waals surface area contributed by atoms with E-state index in [0.29, 0.717) is 5.75 Å². The summed E-state index contributed by atoms with van der Waals surface area (Å²) in [4.78, 5) is 2.39. The van der Waals surface area contributed by atoms with Gasteiger partial charge in [-0.25, -0.2) is 0 Å². The molecule has 1 aliphatic rings. The normalized spacial score (nSPS) is 19.4. The summed E-state index contributed by atoms with van der Waals surface area (Å²) in [7, 11) is 1.56. The van der Waals surface area contributed by atoms with Crippen LogP contribution in [0.4, 0.5) is 0 Å². The Balaban J connectivity index is 1.99. The molecule has 1 heterocycles. The third kappa shape index (κ3) is 3.62. The molecular weight excluding hydrogens is 256 g/mol. The maximum absolute atomic E-state index is 9.66. The van der Waals surface area contributed by atoms with Crippen molar-refractivity contribution in [3.63, 3.8) is 0 Å². The summed E-state index contributed by atoms with van der Waals surface area (Å²) < 4.78 is 5.17. The first-order valence-electron chi connectivity index (χ1n) is 7.21. The molecule has 1 unspecified atom stereocenters. The number of rotatable bonds is 7. The van der Waals surface area contributed by atoms with E-state index < -0.39 is 0 Å². The fourth-order valence-electron chi connectivity index (χ4n) is 2.64. The van der Waals surface area contributed by atoms with E-state index in [9.17, 15) is 5.11 Å². The number of methoxy groups -OCH3 is 1. The zero-order chi connectivity index (χ0) is 14.4. The predicted octanol–water partition coefficient (Wildman–Crippen LogP) is 1.47. The Bertz CT molecular complexity index is 426. The monoisotopic (exact) mass is 280 g/mol. The minimum Gasteiger partial charge on any atom is -0.504 e. The fourth-order valence-corrected chi connectivity index (χ4v) is 2.64. The molecule has 0 amide bonds. The van der Waals surface area contributed by atoms with Crippen molar-refractivity contribution in [2.45, 2.75) is 25.4 Å². The van der Waals surface area contributed by atoms with Crippen LogP contribution in [0.15, 0.2) is 18.2 Å². The molecule has 20 heavy (non-hydrogen) atoms. The summed E-state index contributed by atoms with van der Waals surface area (Å²) in [6, 6.07) is 5.50. The first-order valence-corrected chi connectivity index (χ1v) is 7.21. The second-order valence-electron chi connectivity index (χ2n) is 5.11. The molecule has 5 heteroatoms. The van der Waals surface area contributed by atoms with E-state index >= 15 is 0 Å². The quantitative estimate of drug-likeness (QED) is 0.660. The largest absolute Gasteiger partial charge is 0.504 e. The lowest BCUT2D eigenvalue weighted by Gasteiger charge is -2.24. The average Bonchev–Trinajstić information content (AvgIpc) is 2.92. The number of aliphatic hydroxyl groups excluding tert-OH is 1. The highest BCUT2D eigenvalue weighted by Gasteiger charge is 2.25. The van der Waals surface area contributed by atoms with Crippen LogP contribution in [0.5, 0.6) is 11.5 Å². The van der Waals surface area contributed by atoms with Crippen molar-refractivity contribution in [1.29, 1.82) is 0 Å². The van der Waals surface area contributed by atoms with Gasteiger partial charge in [-0.05, 0) is 43.5 Å². The van der Waals surface area contributed by atoms with Crippen LogP contribution in [0.3, 0.4) is 0 Å². The number of phenols is 1. The van der Waals surface area contributed by atoms with Gasteiger partial charge in [0.2, 0.25) is 0 Å². The topological polar surface area (TPSA) is 65.0 Å². The van der Waals surface area contributed by atoms with Crippen molar-refractivity contribution in [1.82, 2.24) is 10.2 Å². The summed E-state index contributed by atoms with van der Waals surface area (Å²) in [5.41, 5.74) is 1.11. The Morgan fingerprint density at radius 3 is 2.95 bits per heavy atom. The standard InChI is InChI=1S/C15H24N2O3/c1-20-14-11-12(5-6-13(14)19)15-16-7-9-17(15)8-3-2-4-10-18/h5-6,11,15-16,18-19H,2-4,7-10H2,1H3. The van der Waals surface area contributed by atoms with Crippen LogP contribution in [0.2, 0.25) is 0 Å². The minimum atomic E-state index is 0.170. The number of benzene rings is 1. The number of unbranched alkanes of at least 4 members (excludes halogenated alkanes) is 2. The summed E-state index contributed by atoms with van der Waals surface area (Å²) in [6.45, 7) is 3.28. The second kappa shape index (κ2) is 7.47. The Kier molecular flexibility index (Phi) is 5.64. The number of hydrogen-bond acceptors (Lipinski definition) is 5. The molecule has 1 aromatic carbocycles. The van der Waals surface area contributed by atoms with Crippen molar-refractivity contribution < 1.29 is 14.9 Å². The van der Waals surface area contributed by atoms with Crippen molar-refractivity contribution in [2.24, 2.45) is 0 Å². The molecule has 0 spiro atoms. The zero-order valence-electron chi connectivity index (χ0n) is 12.0. The highest BCUT2D eigenvalue weighted by molar-refractivity contribution is 5.42. The highest BCUT2D eigenvalue weighted by Crippen LogP contribution is 2.31. The van der Waals surface area contributed by atoms with Crippen molar-refractivity contribution in [3.05, 3.63) is 23.8 Å². The van der Waals surface area contributed by atoms with Gasteiger partial charge in [0.15, 0.2) is 11.5 Å². The molecule has 1 aliphatic heterocycles. The molecule has 0 radical (unpaired) electrons. The van der Waals surface area contributed by atoms with Crippen LogP contribution in [0, 0.1) is 0 Å². The summed E-state index contributed by atoms with van der Waals surface area (Å²) in [5.74, 6) is 0.681. The van der Waals surface area contributed by atoms with Crippen LogP contribution in [0.25, 0.3) is 0 Å². The molecule has 112 valence electrons. The lowest BCUT2D eigenvalue weighted by atomic mass is 10.1. The van der Waals surface area contributed by atoms with Gasteiger partial charge in [0.1, 0.15) is 0 Å². The Hall–Kier alpha value is -1.30. The average molecular weight is 280 g/mol. The SMILES string of the molecule is COc1cc(C2NCCN2CCCCCO)ccc1O. The lowest BCUT2D eigenvalue weighted by Crippen LogP contribution is -2.28. The highest BCUT2D eigenvalue weighted by atomic mass is 16.5. The van der Waals surface area contributed by atoms with Crippen molar-refractivity contribution in [2.75, 3.05) is 33.4 Å². The number of nitrogens with zero attached hydrogens (tertiary/aromatic N) is 1. The van der Waals surface area contributed by atoms with Crippen LogP contribution < -0.4 is 10.1 Å². The van der Waals surface area contributed by atoms with Crippen LogP contribution in [-0.2, 0) is 0 Å². The molecule has 0 saturated carbocycles. The molecule has 0 aliphatic carbocycles. The van der Waals surface area contributed by atoms with Crippen LogP contribution in [0.1, 0.15) is 31.0 Å². The molecule has 1 atom stereocenters. The zero-order valence-corrected chi connectivity index (χ0v) is 12.0. The molecule has 1 saturated heterocycles. The molecule has 1 fully saturated rings. The molecular formula is C15H24N2O3. The van der Waals surface area contributed by atoms with Gasteiger partial charge in [0.05, 0.1) is 13.3 Å². The van der Waals surface area contributed by atoms with Crippen LogP contribution in [-0.4, -0.2) is 48.5 Å². The molecule has 0 bridgehead atoms. The van der Waals surface area contributed by atoms with Gasteiger partial charge in [-0.15, -0.1) is 0 Å². The molecule has 0 aromatic heterocycles. The van der Waals surface area contributed by atoms with Gasteiger partial charge in [0.25, 0.3) is 0 Å². The number of aliphatic hydroxyl groups is 1. The van der Waals surface area contributed by atoms with E-state index in [1.807, 2.05) is 12.1 Å². The number of hydrogen-bond donors (Lipinski definition) is 3. The first kappa shape index (κ1) is 15.1. The maximum Gasteiger partial charge on any atom is 0.160 e. The summed E-state index contributed by atoms with van der Waals surface area (Å²) in [6.07, 6.45) is 3.20. The summed E-state index contributed by atoms with van der Waals surface area (Å²) >= 11 is 0. The molecule has 1 aromatic rings. The van der Waals surface area contributed by atoms with Gasteiger partial charge < -0.3 is 14.9 Å². The van der Waals surface area contributed by atoms with Gasteiger partial charge in [-0.2, -0.15) is 0 Å². The van der Waals surface area contributed by atoms with Crippen LogP contribution >= 0.6 is 0 Å². The van der Waals surface area contributed by atoms with Gasteiger partial charge in [-0.3, -0.25) is 10.2 Å². The van der Waals surface area contributed by atoms with E-state index in [-0.39, 0.29) is 18.5 Å². The molecule has 5 nitrogen and oxygen atoms in total. The van der Waals surface area contributed by atoms with E-state index in [2.05, 4.69) is 10.2 Å². The third-order valence-electron chi connectivity index (χ3n) is 3.72. The van der Waals surface area contributed by atoms with Gasteiger partial charge in [-0.1, -0.05) is 6.07 Å². The Morgan fingerprint density at radius 1 is 1.35 bits per heavy atom. The smallest absolute Gasteiger partial charge is 0.160 e. The predicted molar refractivity (Wildman–Crippen MR) is 77.9 cm³/mol. The third-order valence-corrected chi connectivity index (χ3v) is 3.72. The van der Waals surface area contributed by atoms with Gasteiger partial charge >= 0.3 is 0 Å². The first-order chi connectivity index (χ1) is 9.76. The lowest BCUT2D eigenvalue weighted by molar-refractivity contribution is 0.231. The maximum atomic E-state index is 9.66. The Labute approximate surface area is 120 Å². The number of nitrogens with one attached hydrogen (secondary N) is 1. The second-order valence-corrected chi connectivity index (χ2v) is 5.11. The number of ether oxygens (including phenoxy) is 1. The molecule has 3 N–H and O–H groups in total. The van der Waals surface area contributed by atoms with E-state index in [4.69, 9.17) is 9.84 Å². The molecule has 2 rings (SSSR count). The minimum absolute atomic E-state index is 0.170. The van der Waals surface area contributed by atoms with E-state index in [1.54, 1.807) is 13.2 Å².